The van der Waals surface area contributed by atoms with Crippen molar-refractivity contribution in [3.63, 3.8) is 0 Å². The first-order valence-electron chi connectivity index (χ1n) is 22.5. The van der Waals surface area contributed by atoms with Crippen LogP contribution in [0.5, 0.6) is 0 Å². The molecule has 0 N–H and O–H groups in total. The molecule has 0 bridgehead atoms. The van der Waals surface area contributed by atoms with E-state index in [0.717, 1.165) is 51.6 Å². The van der Waals surface area contributed by atoms with E-state index in [1.54, 1.807) is 0 Å². The summed E-state index contributed by atoms with van der Waals surface area (Å²) in [5, 5.41) is 0. The fourth-order valence-corrected chi connectivity index (χ4v) is 8.51. The molecule has 2 rings (SSSR count). The van der Waals surface area contributed by atoms with Gasteiger partial charge in [-0.15, -0.1) is 0 Å². The Balaban J connectivity index is 1.83. The minimum absolute atomic E-state index is 0.0323. The van der Waals surface area contributed by atoms with Crippen molar-refractivity contribution in [2.24, 2.45) is 23.2 Å². The maximum Gasteiger partial charge on any atom is 0.312 e. The number of likely N-dealkylation sites (tertiary alicyclic amines) is 1. The first-order valence-corrected chi connectivity index (χ1v) is 22.5. The third kappa shape index (κ3) is 20.6. The van der Waals surface area contributed by atoms with Crippen molar-refractivity contribution in [2.45, 2.75) is 220 Å². The zero-order valence-corrected chi connectivity index (χ0v) is 34.7. The highest BCUT2D eigenvalue weighted by atomic mass is 16.5. The Morgan fingerprint density at radius 1 is 0.706 bits per heavy atom. The van der Waals surface area contributed by atoms with Crippen LogP contribution in [0.3, 0.4) is 0 Å². The van der Waals surface area contributed by atoms with Crippen molar-refractivity contribution in [3.8, 4) is 0 Å². The summed E-state index contributed by atoms with van der Waals surface area (Å²) in [5.74, 6) is 0.801. The topological polar surface area (TPSA) is 55.8 Å². The minimum atomic E-state index is -0.398. The molecule has 0 aromatic carbocycles. The van der Waals surface area contributed by atoms with Crippen LogP contribution in [0, 0.1) is 23.2 Å². The van der Waals surface area contributed by atoms with Gasteiger partial charge in [0.05, 0.1) is 12.0 Å². The average Bonchev–Trinajstić information content (AvgIpc) is 3.49. The van der Waals surface area contributed by atoms with E-state index in [9.17, 15) is 9.59 Å². The van der Waals surface area contributed by atoms with Crippen molar-refractivity contribution in [2.75, 3.05) is 26.7 Å². The first-order chi connectivity index (χ1) is 24.8. The number of hydrogen-bond acceptors (Lipinski definition) is 5. The second-order valence-corrected chi connectivity index (χ2v) is 17.1. The number of carbonyl (C=O) groups is 2. The molecule has 2 fully saturated rings. The Morgan fingerprint density at radius 2 is 1.20 bits per heavy atom. The molecule has 1 heterocycles. The summed E-state index contributed by atoms with van der Waals surface area (Å²) in [6, 6.07) is 0. The molecular formula is C46H85NO4. The van der Waals surface area contributed by atoms with E-state index >= 15 is 0 Å². The molecule has 0 aromatic rings. The summed E-state index contributed by atoms with van der Waals surface area (Å²) >= 11 is 0. The number of carbonyl (C=O) groups excluding carboxylic acids is 2. The van der Waals surface area contributed by atoms with Gasteiger partial charge in [0.15, 0.2) is 0 Å². The van der Waals surface area contributed by atoms with E-state index in [4.69, 9.17) is 9.47 Å². The fourth-order valence-electron chi connectivity index (χ4n) is 8.51. The highest BCUT2D eigenvalue weighted by Crippen LogP contribution is 2.41. The number of esters is 2. The number of ether oxygens (including phenoxy) is 2. The summed E-state index contributed by atoms with van der Waals surface area (Å²) in [6.07, 6.45) is 39.6. The van der Waals surface area contributed by atoms with Gasteiger partial charge in [0.25, 0.3) is 0 Å². The second kappa shape index (κ2) is 29.1. The number of allylic oxidation sites excluding steroid dienone is 2. The predicted octanol–water partition coefficient (Wildman–Crippen LogP) is 13.2. The third-order valence-corrected chi connectivity index (χ3v) is 12.4. The van der Waals surface area contributed by atoms with Crippen LogP contribution in [0.1, 0.15) is 214 Å². The summed E-state index contributed by atoms with van der Waals surface area (Å²) in [7, 11) is 2.12. The van der Waals surface area contributed by atoms with Crippen LogP contribution < -0.4 is 0 Å². The first kappa shape index (κ1) is 45.8. The van der Waals surface area contributed by atoms with Gasteiger partial charge in [0, 0.05) is 12.3 Å². The maximum absolute atomic E-state index is 13.4. The molecule has 3 atom stereocenters. The van der Waals surface area contributed by atoms with Crippen molar-refractivity contribution < 1.29 is 19.1 Å². The lowest BCUT2D eigenvalue weighted by molar-refractivity contribution is -0.165. The van der Waals surface area contributed by atoms with Crippen LogP contribution in [0.4, 0.5) is 0 Å². The van der Waals surface area contributed by atoms with Crippen LogP contribution in [0.2, 0.25) is 0 Å². The summed E-state index contributed by atoms with van der Waals surface area (Å²) < 4.78 is 12.4. The summed E-state index contributed by atoms with van der Waals surface area (Å²) in [5.41, 5.74) is -0.398. The number of hydrogen-bond donors (Lipinski definition) is 0. The van der Waals surface area contributed by atoms with Gasteiger partial charge >= 0.3 is 11.9 Å². The Bertz CT molecular complexity index is 870. The standard InChI is InChI=1S/C46H85NO4/c1-6-9-12-14-16-18-20-22-24-27-29-40(30-28-25-23-21-19-17-15-13-10-7-2)39-50-44(48)38-41-32-33-43(42(41)31-26-11-8-3)51-45(49)46(4)34-36-47(5)37-35-46/h11,26,40-43H,6-10,12-25,27-39H2,1-5H3/b26-11-. The van der Waals surface area contributed by atoms with Crippen LogP contribution >= 0.6 is 0 Å². The quantitative estimate of drug-likeness (QED) is 0.0406. The van der Waals surface area contributed by atoms with Gasteiger partial charge in [0.1, 0.15) is 6.10 Å². The van der Waals surface area contributed by atoms with Gasteiger partial charge in [-0.2, -0.15) is 0 Å². The van der Waals surface area contributed by atoms with Crippen molar-refractivity contribution >= 4 is 11.9 Å². The molecule has 5 nitrogen and oxygen atoms in total. The van der Waals surface area contributed by atoms with Crippen LogP contribution in [-0.2, 0) is 19.1 Å². The molecule has 0 aromatic heterocycles. The van der Waals surface area contributed by atoms with Crippen LogP contribution in [0.25, 0.3) is 0 Å². The number of rotatable bonds is 31. The monoisotopic (exact) mass is 716 g/mol. The third-order valence-electron chi connectivity index (χ3n) is 12.4. The molecule has 3 unspecified atom stereocenters. The lowest BCUT2D eigenvalue weighted by atomic mass is 9.80. The Labute approximate surface area is 317 Å². The Hall–Kier alpha value is -1.36. The summed E-state index contributed by atoms with van der Waals surface area (Å²) in [6.45, 7) is 11.3. The lowest BCUT2D eigenvalue weighted by Crippen LogP contribution is -2.43. The number of nitrogens with zero attached hydrogens (tertiary/aromatic N) is 1. The van der Waals surface area contributed by atoms with Gasteiger partial charge in [-0.1, -0.05) is 161 Å². The SMILES string of the molecule is CC/C=C\CC1C(CC(=O)OCC(CCCCCCCCCCCC)CCCCCCCCCCCC)CCC1OC(=O)C1(C)CCN(C)CC1. The molecule has 1 aliphatic carbocycles. The van der Waals surface area contributed by atoms with Gasteiger partial charge < -0.3 is 14.4 Å². The van der Waals surface area contributed by atoms with Crippen molar-refractivity contribution in [1.82, 2.24) is 4.90 Å². The molecule has 2 aliphatic rings. The molecule has 1 saturated heterocycles. The van der Waals surface area contributed by atoms with E-state index in [-0.39, 0.29) is 29.9 Å². The van der Waals surface area contributed by atoms with Gasteiger partial charge in [0.2, 0.25) is 0 Å². The number of unbranched alkanes of at least 4 members (excludes halogenated alkanes) is 18. The fraction of sp³-hybridized carbons (Fsp3) is 0.913. The Morgan fingerprint density at radius 3 is 1.69 bits per heavy atom. The van der Waals surface area contributed by atoms with E-state index in [1.807, 2.05) is 0 Å². The molecule has 0 amide bonds. The zero-order valence-electron chi connectivity index (χ0n) is 34.7. The van der Waals surface area contributed by atoms with Crippen molar-refractivity contribution in [1.29, 1.82) is 0 Å². The predicted molar refractivity (Wildman–Crippen MR) is 217 cm³/mol. The molecule has 1 saturated carbocycles. The Kier molecular flexibility index (Phi) is 26.1. The molecular weight excluding hydrogens is 631 g/mol. The zero-order chi connectivity index (χ0) is 37.0. The highest BCUT2D eigenvalue weighted by Gasteiger charge is 2.43. The van der Waals surface area contributed by atoms with E-state index in [0.29, 0.717) is 18.9 Å². The highest BCUT2D eigenvalue weighted by molar-refractivity contribution is 5.77. The molecule has 51 heavy (non-hydrogen) atoms. The minimum Gasteiger partial charge on any atom is -0.465 e. The normalized spacial score (nSPS) is 20.8. The van der Waals surface area contributed by atoms with Gasteiger partial charge in [-0.3, -0.25) is 9.59 Å². The largest absolute Gasteiger partial charge is 0.465 e. The maximum atomic E-state index is 13.4. The second-order valence-electron chi connectivity index (χ2n) is 17.1. The van der Waals surface area contributed by atoms with E-state index in [1.165, 1.54) is 141 Å². The van der Waals surface area contributed by atoms with E-state index in [2.05, 4.69) is 51.8 Å². The van der Waals surface area contributed by atoms with E-state index < -0.39 is 5.41 Å². The molecule has 0 radical (unpaired) electrons. The van der Waals surface area contributed by atoms with Crippen LogP contribution in [0.15, 0.2) is 12.2 Å². The van der Waals surface area contributed by atoms with Crippen LogP contribution in [-0.4, -0.2) is 49.7 Å². The molecule has 5 heteroatoms. The molecule has 1 aliphatic heterocycles. The smallest absolute Gasteiger partial charge is 0.312 e. The van der Waals surface area contributed by atoms with Crippen molar-refractivity contribution in [3.05, 3.63) is 12.2 Å². The lowest BCUT2D eigenvalue weighted by Gasteiger charge is -2.37. The van der Waals surface area contributed by atoms with Gasteiger partial charge in [-0.05, 0) is 90.3 Å². The molecule has 298 valence electrons. The van der Waals surface area contributed by atoms with Gasteiger partial charge in [-0.25, -0.2) is 0 Å². The number of piperidine rings is 1. The summed E-state index contributed by atoms with van der Waals surface area (Å²) in [4.78, 5) is 29.1. The average molecular weight is 716 g/mol. The molecule has 0 spiro atoms.